The van der Waals surface area contributed by atoms with Crippen LogP contribution in [0.1, 0.15) is 25.0 Å². The van der Waals surface area contributed by atoms with E-state index in [1.807, 2.05) is 19.9 Å². The Morgan fingerprint density at radius 3 is 2.00 bits per heavy atom. The van der Waals surface area contributed by atoms with Crippen LogP contribution in [-0.2, 0) is 11.2 Å². The van der Waals surface area contributed by atoms with Crippen LogP contribution in [0.4, 0.5) is 0 Å². The molecule has 0 atom stereocenters. The summed E-state index contributed by atoms with van der Waals surface area (Å²) in [5.74, 6) is 1.81. The molecule has 31 heavy (non-hydrogen) atoms. The van der Waals surface area contributed by atoms with Crippen LogP contribution < -0.4 is 23.7 Å². The van der Waals surface area contributed by atoms with E-state index in [1.165, 1.54) is 27.4 Å². The molecule has 2 rings (SSSR count). The number of benzene rings is 2. The van der Waals surface area contributed by atoms with Gasteiger partial charge in [-0.05, 0) is 38.5 Å². The zero-order chi connectivity index (χ0) is 23.0. The highest BCUT2D eigenvalue weighted by atomic mass is 16.5. The van der Waals surface area contributed by atoms with Gasteiger partial charge in [-0.2, -0.15) is 0 Å². The summed E-state index contributed by atoms with van der Waals surface area (Å²) in [6.45, 7) is 4.00. The average Bonchev–Trinajstić information content (AvgIpc) is 2.75. The Balaban J connectivity index is 2.69. The van der Waals surface area contributed by atoms with E-state index in [4.69, 9.17) is 28.8 Å². The number of aliphatic carboxylic acids is 1. The van der Waals surface area contributed by atoms with Crippen molar-refractivity contribution in [3.8, 4) is 34.5 Å². The van der Waals surface area contributed by atoms with Crippen LogP contribution in [0.3, 0.4) is 0 Å². The van der Waals surface area contributed by atoms with Gasteiger partial charge >= 0.3 is 5.97 Å². The molecule has 0 saturated heterocycles. The van der Waals surface area contributed by atoms with Gasteiger partial charge in [0.05, 0.1) is 28.4 Å². The van der Waals surface area contributed by atoms with Crippen LogP contribution in [0.25, 0.3) is 6.08 Å². The topological polar surface area (TPSA) is 83.5 Å². The smallest absolute Gasteiger partial charge is 0.328 e. The zero-order valence-electron chi connectivity index (χ0n) is 18.6. The van der Waals surface area contributed by atoms with Crippen molar-refractivity contribution in [1.29, 1.82) is 0 Å². The summed E-state index contributed by atoms with van der Waals surface area (Å²) in [5, 5.41) is 9.09. The first-order chi connectivity index (χ1) is 14.8. The molecule has 0 heterocycles. The van der Waals surface area contributed by atoms with Crippen molar-refractivity contribution in [3.05, 3.63) is 53.1 Å². The molecule has 0 aliphatic rings. The Bertz CT molecular complexity index is 961. The second kappa shape index (κ2) is 11.0. The van der Waals surface area contributed by atoms with E-state index in [0.717, 1.165) is 17.2 Å². The predicted molar refractivity (Wildman–Crippen MR) is 119 cm³/mol. The molecule has 166 valence electrons. The minimum atomic E-state index is -1.06. The lowest BCUT2D eigenvalue weighted by Crippen LogP contribution is -2.00. The first-order valence-electron chi connectivity index (χ1n) is 9.56. The summed E-state index contributed by atoms with van der Waals surface area (Å²) < 4.78 is 28.0. The lowest BCUT2D eigenvalue weighted by molar-refractivity contribution is -0.131. The molecule has 0 spiro atoms. The lowest BCUT2D eigenvalue weighted by atomic mass is 10.0. The van der Waals surface area contributed by atoms with Crippen molar-refractivity contribution in [2.75, 3.05) is 28.4 Å². The number of allylic oxidation sites excluding steroid dienone is 2. The molecule has 2 aromatic carbocycles. The van der Waals surface area contributed by atoms with Crippen molar-refractivity contribution >= 4 is 12.0 Å². The first kappa shape index (κ1) is 23.7. The van der Waals surface area contributed by atoms with Crippen LogP contribution in [0.5, 0.6) is 34.5 Å². The number of methoxy groups -OCH3 is 4. The Morgan fingerprint density at radius 1 is 0.903 bits per heavy atom. The normalized spacial score (nSPS) is 10.5. The van der Waals surface area contributed by atoms with Crippen molar-refractivity contribution in [2.45, 2.75) is 20.3 Å². The van der Waals surface area contributed by atoms with Crippen molar-refractivity contribution in [3.63, 3.8) is 0 Å². The molecule has 0 aliphatic heterocycles. The van der Waals surface area contributed by atoms with Gasteiger partial charge in [0, 0.05) is 29.3 Å². The summed E-state index contributed by atoms with van der Waals surface area (Å²) in [7, 11) is 6.15. The first-order valence-corrected chi connectivity index (χ1v) is 9.56. The standard InChI is InChI=1S/C24H28O7/c1-15(2)7-10-18-19(27-3)11-8-16(9-12-22(25)26)23(18)31-17-13-20(28-4)24(30-6)21(14-17)29-5/h7-9,11-14H,10H2,1-6H3,(H,25,26)/b12-9+. The largest absolute Gasteiger partial charge is 0.496 e. The second-order valence-corrected chi connectivity index (χ2v) is 6.79. The van der Waals surface area contributed by atoms with Gasteiger partial charge in [-0.15, -0.1) is 0 Å². The number of carboxylic acid groups (broad SMARTS) is 1. The number of rotatable bonds is 10. The van der Waals surface area contributed by atoms with Crippen LogP contribution in [0.2, 0.25) is 0 Å². The molecule has 0 aliphatic carbocycles. The van der Waals surface area contributed by atoms with Crippen molar-refractivity contribution in [1.82, 2.24) is 0 Å². The molecular weight excluding hydrogens is 400 g/mol. The van der Waals surface area contributed by atoms with Crippen LogP contribution in [0, 0.1) is 0 Å². The van der Waals surface area contributed by atoms with Gasteiger partial charge in [-0.1, -0.05) is 11.6 Å². The van der Waals surface area contributed by atoms with Crippen LogP contribution in [0.15, 0.2) is 42.0 Å². The summed E-state index contributed by atoms with van der Waals surface area (Å²) in [6.07, 6.45) is 5.14. The molecule has 7 nitrogen and oxygen atoms in total. The van der Waals surface area contributed by atoms with E-state index < -0.39 is 5.97 Å². The third kappa shape index (κ3) is 5.94. The van der Waals surface area contributed by atoms with E-state index in [9.17, 15) is 4.79 Å². The van der Waals surface area contributed by atoms with Gasteiger partial charge in [0.25, 0.3) is 0 Å². The Morgan fingerprint density at radius 2 is 1.52 bits per heavy atom. The molecule has 2 aromatic rings. The van der Waals surface area contributed by atoms with E-state index >= 15 is 0 Å². The van der Waals surface area contributed by atoms with Gasteiger partial charge in [0.15, 0.2) is 11.5 Å². The van der Waals surface area contributed by atoms with Crippen molar-refractivity contribution in [2.24, 2.45) is 0 Å². The van der Waals surface area contributed by atoms with Gasteiger partial charge < -0.3 is 28.8 Å². The molecule has 0 aromatic heterocycles. The molecule has 0 amide bonds. The quantitative estimate of drug-likeness (QED) is 0.415. The highest BCUT2D eigenvalue weighted by Crippen LogP contribution is 2.44. The number of ether oxygens (including phenoxy) is 5. The zero-order valence-corrected chi connectivity index (χ0v) is 18.6. The second-order valence-electron chi connectivity index (χ2n) is 6.79. The number of hydrogen-bond acceptors (Lipinski definition) is 6. The van der Waals surface area contributed by atoms with E-state index in [1.54, 1.807) is 31.4 Å². The molecule has 0 unspecified atom stereocenters. The molecular formula is C24H28O7. The monoisotopic (exact) mass is 428 g/mol. The number of hydrogen-bond donors (Lipinski definition) is 1. The van der Waals surface area contributed by atoms with Gasteiger partial charge in [-0.25, -0.2) is 4.79 Å². The maximum Gasteiger partial charge on any atom is 0.328 e. The molecule has 0 radical (unpaired) electrons. The summed E-state index contributed by atoms with van der Waals surface area (Å²) in [6, 6.07) is 6.89. The highest BCUT2D eigenvalue weighted by molar-refractivity contribution is 5.86. The Hall–Kier alpha value is -3.61. The van der Waals surface area contributed by atoms with Gasteiger partial charge in [-0.3, -0.25) is 0 Å². The maximum atomic E-state index is 11.1. The number of carbonyl (C=O) groups is 1. The predicted octanol–water partition coefficient (Wildman–Crippen LogP) is 5.12. The number of carboxylic acids is 1. The third-order valence-corrected chi connectivity index (χ3v) is 4.45. The highest BCUT2D eigenvalue weighted by Gasteiger charge is 2.19. The summed E-state index contributed by atoms with van der Waals surface area (Å²) in [5.41, 5.74) is 2.51. The van der Waals surface area contributed by atoms with E-state index in [-0.39, 0.29) is 0 Å². The van der Waals surface area contributed by atoms with Crippen LogP contribution in [-0.4, -0.2) is 39.5 Å². The fourth-order valence-electron chi connectivity index (χ4n) is 2.97. The Labute approximate surface area is 182 Å². The average molecular weight is 428 g/mol. The minimum absolute atomic E-state index is 0.436. The summed E-state index contributed by atoms with van der Waals surface area (Å²) >= 11 is 0. The van der Waals surface area contributed by atoms with E-state index in [2.05, 4.69) is 0 Å². The molecule has 0 bridgehead atoms. The van der Waals surface area contributed by atoms with Gasteiger partial charge in [0.2, 0.25) is 5.75 Å². The fourth-order valence-corrected chi connectivity index (χ4v) is 2.97. The fraction of sp³-hybridized carbons (Fsp3) is 0.292. The van der Waals surface area contributed by atoms with Crippen LogP contribution >= 0.6 is 0 Å². The van der Waals surface area contributed by atoms with Crippen molar-refractivity contribution < 1.29 is 33.6 Å². The molecule has 0 fully saturated rings. The lowest BCUT2D eigenvalue weighted by Gasteiger charge is -2.19. The Kier molecular flexibility index (Phi) is 8.37. The third-order valence-electron chi connectivity index (χ3n) is 4.45. The molecule has 7 heteroatoms. The summed E-state index contributed by atoms with van der Waals surface area (Å²) in [4.78, 5) is 11.1. The molecule has 1 N–H and O–H groups in total. The SMILES string of the molecule is COc1ccc(/C=C/C(=O)O)c(Oc2cc(OC)c(OC)c(OC)c2)c1CC=C(C)C. The molecule has 0 saturated carbocycles. The van der Waals surface area contributed by atoms with Gasteiger partial charge in [0.1, 0.15) is 17.2 Å². The maximum absolute atomic E-state index is 11.1. The minimum Gasteiger partial charge on any atom is -0.496 e. The van der Waals surface area contributed by atoms with E-state index in [0.29, 0.717) is 46.5 Å².